The summed E-state index contributed by atoms with van der Waals surface area (Å²) >= 11 is 0. The number of benzene rings is 2. The van der Waals surface area contributed by atoms with E-state index in [1.807, 2.05) is 30.3 Å². The van der Waals surface area contributed by atoms with E-state index in [1.54, 1.807) is 12.1 Å². The molecular weight excluding hydrogens is 399 g/mol. The van der Waals surface area contributed by atoms with Gasteiger partial charge in [-0.3, -0.25) is 14.5 Å². The third kappa shape index (κ3) is 8.22. The molecule has 0 saturated carbocycles. The largest absolute Gasteiger partial charge is 0.401 e. The minimum absolute atomic E-state index is 0.0807. The number of nitrogens with one attached hydrogen (secondary N) is 2. The second kappa shape index (κ2) is 11.3. The van der Waals surface area contributed by atoms with Crippen LogP contribution in [0.15, 0.2) is 54.6 Å². The van der Waals surface area contributed by atoms with Gasteiger partial charge in [-0.15, -0.1) is 0 Å². The summed E-state index contributed by atoms with van der Waals surface area (Å²) in [7, 11) is 0. The van der Waals surface area contributed by atoms with E-state index in [1.165, 1.54) is 12.1 Å². The number of aliphatic hydroxyl groups excluding tert-OH is 1. The second-order valence-electron chi connectivity index (χ2n) is 6.67. The first kappa shape index (κ1) is 23.4. The van der Waals surface area contributed by atoms with Crippen LogP contribution in [-0.2, 0) is 11.3 Å². The Morgan fingerprint density at radius 1 is 1.00 bits per heavy atom. The van der Waals surface area contributed by atoms with E-state index in [-0.39, 0.29) is 30.8 Å². The van der Waals surface area contributed by atoms with Crippen molar-refractivity contribution in [2.45, 2.75) is 19.1 Å². The lowest BCUT2D eigenvalue weighted by Crippen LogP contribution is -2.40. The molecule has 9 heteroatoms. The summed E-state index contributed by atoms with van der Waals surface area (Å²) in [5.41, 5.74) is 1.32. The number of amides is 2. The molecule has 2 rings (SSSR count). The number of anilines is 1. The van der Waals surface area contributed by atoms with Gasteiger partial charge in [-0.1, -0.05) is 42.5 Å². The van der Waals surface area contributed by atoms with Crippen LogP contribution < -0.4 is 10.6 Å². The zero-order valence-electron chi connectivity index (χ0n) is 16.3. The predicted octanol–water partition coefficient (Wildman–Crippen LogP) is 2.80. The average molecular weight is 423 g/mol. The van der Waals surface area contributed by atoms with Crippen molar-refractivity contribution in [3.05, 3.63) is 65.7 Å². The van der Waals surface area contributed by atoms with Crippen molar-refractivity contribution in [1.82, 2.24) is 10.2 Å². The van der Waals surface area contributed by atoms with Gasteiger partial charge in [-0.25, -0.2) is 0 Å². The van der Waals surface area contributed by atoms with Crippen molar-refractivity contribution < 1.29 is 27.9 Å². The molecule has 0 unspecified atom stereocenters. The Bertz CT molecular complexity index is 829. The van der Waals surface area contributed by atoms with E-state index < -0.39 is 31.1 Å². The maximum absolute atomic E-state index is 12.7. The van der Waals surface area contributed by atoms with Crippen LogP contribution in [0.25, 0.3) is 0 Å². The molecule has 0 fully saturated rings. The summed E-state index contributed by atoms with van der Waals surface area (Å²) in [6, 6.07) is 15.5. The summed E-state index contributed by atoms with van der Waals surface area (Å²) < 4.78 is 38.1. The Hall–Kier alpha value is -2.91. The molecule has 0 aliphatic carbocycles. The number of alkyl halides is 3. The smallest absolute Gasteiger partial charge is 0.396 e. The fraction of sp³-hybridized carbons (Fsp3) is 0.333. The first-order chi connectivity index (χ1) is 14.3. The summed E-state index contributed by atoms with van der Waals surface area (Å²) in [6.45, 7) is -1.84. The van der Waals surface area contributed by atoms with Gasteiger partial charge < -0.3 is 15.7 Å². The monoisotopic (exact) mass is 423 g/mol. The summed E-state index contributed by atoms with van der Waals surface area (Å²) in [5, 5.41) is 14.1. The van der Waals surface area contributed by atoms with Crippen molar-refractivity contribution in [3.63, 3.8) is 0 Å². The number of hydrogen-bond acceptors (Lipinski definition) is 4. The van der Waals surface area contributed by atoms with E-state index in [0.29, 0.717) is 6.54 Å². The van der Waals surface area contributed by atoms with E-state index in [9.17, 15) is 22.8 Å². The molecule has 2 aromatic carbocycles. The van der Waals surface area contributed by atoms with Crippen LogP contribution in [-0.4, -0.2) is 54.2 Å². The Balaban J connectivity index is 2.01. The molecule has 0 aliphatic rings. The van der Waals surface area contributed by atoms with Crippen LogP contribution in [0.3, 0.4) is 0 Å². The highest BCUT2D eigenvalue weighted by molar-refractivity contribution is 6.04. The van der Waals surface area contributed by atoms with Crippen LogP contribution in [0.1, 0.15) is 22.3 Å². The Labute approximate surface area is 172 Å². The molecule has 30 heavy (non-hydrogen) atoms. The third-order valence-electron chi connectivity index (χ3n) is 4.14. The quantitative estimate of drug-likeness (QED) is 0.549. The molecule has 0 radical (unpaired) electrons. The maximum atomic E-state index is 12.7. The van der Waals surface area contributed by atoms with E-state index in [4.69, 9.17) is 5.11 Å². The van der Waals surface area contributed by atoms with Gasteiger partial charge in [0.2, 0.25) is 5.91 Å². The molecule has 0 atom stereocenters. The highest BCUT2D eigenvalue weighted by Crippen LogP contribution is 2.18. The lowest BCUT2D eigenvalue weighted by Gasteiger charge is -2.23. The number of carbonyl (C=O) groups is 2. The van der Waals surface area contributed by atoms with Crippen LogP contribution in [0.4, 0.5) is 18.9 Å². The number of hydrogen-bond donors (Lipinski definition) is 3. The van der Waals surface area contributed by atoms with Gasteiger partial charge >= 0.3 is 6.18 Å². The summed E-state index contributed by atoms with van der Waals surface area (Å²) in [5.74, 6) is -1.09. The molecule has 2 aromatic rings. The Morgan fingerprint density at radius 2 is 1.67 bits per heavy atom. The molecular formula is C21H24F3N3O3. The molecule has 0 saturated heterocycles. The Kier molecular flexibility index (Phi) is 8.82. The van der Waals surface area contributed by atoms with Gasteiger partial charge in [0, 0.05) is 19.7 Å². The number of halogens is 3. The van der Waals surface area contributed by atoms with Gasteiger partial charge in [0.05, 0.1) is 24.3 Å². The molecule has 6 nitrogen and oxygen atoms in total. The molecule has 0 aromatic heterocycles. The van der Waals surface area contributed by atoms with Crippen molar-refractivity contribution in [2.75, 3.05) is 31.6 Å². The molecule has 0 bridgehead atoms. The van der Waals surface area contributed by atoms with Crippen LogP contribution >= 0.6 is 0 Å². The van der Waals surface area contributed by atoms with E-state index >= 15 is 0 Å². The fourth-order valence-corrected chi connectivity index (χ4v) is 2.82. The third-order valence-corrected chi connectivity index (χ3v) is 4.14. The molecule has 0 spiro atoms. The highest BCUT2D eigenvalue weighted by atomic mass is 19.4. The first-order valence-electron chi connectivity index (χ1n) is 9.39. The van der Waals surface area contributed by atoms with E-state index in [0.717, 1.165) is 10.5 Å². The first-order valence-corrected chi connectivity index (χ1v) is 9.39. The van der Waals surface area contributed by atoms with Gasteiger partial charge in [-0.2, -0.15) is 13.2 Å². The number of aliphatic hydroxyl groups is 1. The minimum Gasteiger partial charge on any atom is -0.396 e. The standard InChI is InChI=1S/C21H24F3N3O3/c22-21(23,24)15-27(11-6-12-28)14-19(29)26-18-10-5-4-9-17(18)20(30)25-13-16-7-2-1-3-8-16/h1-5,7-10,28H,6,11-15H2,(H,25,30)(H,26,29). The van der Waals surface area contributed by atoms with Crippen LogP contribution in [0.5, 0.6) is 0 Å². The normalized spacial score (nSPS) is 11.4. The van der Waals surface area contributed by atoms with Gasteiger partial charge in [0.15, 0.2) is 0 Å². The number of carbonyl (C=O) groups excluding carboxylic acids is 2. The second-order valence-corrected chi connectivity index (χ2v) is 6.67. The topological polar surface area (TPSA) is 81.7 Å². The minimum atomic E-state index is -4.47. The van der Waals surface area contributed by atoms with Crippen molar-refractivity contribution in [3.8, 4) is 0 Å². The molecule has 162 valence electrons. The number of nitrogens with zero attached hydrogens (tertiary/aromatic N) is 1. The van der Waals surface area contributed by atoms with E-state index in [2.05, 4.69) is 10.6 Å². The lowest BCUT2D eigenvalue weighted by atomic mass is 10.1. The molecule has 3 N–H and O–H groups in total. The lowest BCUT2D eigenvalue weighted by molar-refractivity contribution is -0.148. The molecule has 0 heterocycles. The van der Waals surface area contributed by atoms with Crippen molar-refractivity contribution in [2.24, 2.45) is 0 Å². The zero-order chi connectivity index (χ0) is 22.0. The molecule has 0 aliphatic heterocycles. The van der Waals surface area contributed by atoms with Crippen LogP contribution in [0, 0.1) is 0 Å². The fourth-order valence-electron chi connectivity index (χ4n) is 2.82. The van der Waals surface area contributed by atoms with Crippen molar-refractivity contribution in [1.29, 1.82) is 0 Å². The summed E-state index contributed by atoms with van der Waals surface area (Å²) in [6.07, 6.45) is -4.35. The zero-order valence-corrected chi connectivity index (χ0v) is 16.3. The maximum Gasteiger partial charge on any atom is 0.401 e. The summed E-state index contributed by atoms with van der Waals surface area (Å²) in [4.78, 5) is 25.7. The predicted molar refractivity (Wildman–Crippen MR) is 107 cm³/mol. The average Bonchev–Trinajstić information content (AvgIpc) is 2.70. The van der Waals surface area contributed by atoms with Gasteiger partial charge in [-0.05, 0) is 24.1 Å². The molecule has 2 amide bonds. The number of para-hydroxylation sites is 1. The number of rotatable bonds is 10. The van der Waals surface area contributed by atoms with Crippen LogP contribution in [0.2, 0.25) is 0 Å². The van der Waals surface area contributed by atoms with Gasteiger partial charge in [0.25, 0.3) is 5.91 Å². The highest BCUT2D eigenvalue weighted by Gasteiger charge is 2.31. The SMILES string of the molecule is O=C(CN(CCCO)CC(F)(F)F)Nc1ccccc1C(=O)NCc1ccccc1. The Morgan fingerprint density at radius 3 is 2.33 bits per heavy atom. The van der Waals surface area contributed by atoms with Crippen molar-refractivity contribution >= 4 is 17.5 Å². The van der Waals surface area contributed by atoms with Gasteiger partial charge in [0.1, 0.15) is 0 Å².